The molecule has 80 valence electrons. The zero-order valence-electron chi connectivity index (χ0n) is 8.77. The van der Waals surface area contributed by atoms with E-state index < -0.39 is 0 Å². The van der Waals surface area contributed by atoms with Gasteiger partial charge in [0.15, 0.2) is 0 Å². The Morgan fingerprint density at radius 2 is 2.18 bits per heavy atom. The van der Waals surface area contributed by atoms with E-state index in [1.165, 1.54) is 6.20 Å². The van der Waals surface area contributed by atoms with E-state index in [2.05, 4.69) is 9.97 Å². The van der Waals surface area contributed by atoms with Crippen molar-refractivity contribution in [2.24, 2.45) is 0 Å². The summed E-state index contributed by atoms with van der Waals surface area (Å²) in [4.78, 5) is 19.2. The fourth-order valence-corrected chi connectivity index (χ4v) is 1.92. The third kappa shape index (κ3) is 1.30. The lowest BCUT2D eigenvalue weighted by atomic mass is 10.1. The molecule has 2 heterocycles. The Hall–Kier alpha value is -2.67. The predicted molar refractivity (Wildman–Crippen MR) is 64.6 cm³/mol. The zero-order chi connectivity index (χ0) is 11.8. The van der Waals surface area contributed by atoms with Gasteiger partial charge in [-0.3, -0.25) is 9.78 Å². The van der Waals surface area contributed by atoms with Gasteiger partial charge in [0, 0.05) is 23.2 Å². The molecule has 0 saturated heterocycles. The number of rotatable bonds is 0. The maximum absolute atomic E-state index is 11.9. The van der Waals surface area contributed by atoms with Gasteiger partial charge in [0.25, 0.3) is 0 Å². The molecule has 0 fully saturated rings. The molecule has 1 N–H and O–H groups in total. The van der Waals surface area contributed by atoms with E-state index in [0.717, 1.165) is 10.9 Å². The highest BCUT2D eigenvalue weighted by molar-refractivity contribution is 6.02. The number of fused-ring (bicyclic) bond motifs is 3. The number of nitrogens with one attached hydrogen (secondary N) is 1. The average molecular weight is 221 g/mol. The standard InChI is InChI=1S/C13H7N3O/c14-6-9-7-16-12-10(13(9)17)4-3-8-2-1-5-15-11(8)12/h1-5,7H,(H,16,17). The van der Waals surface area contributed by atoms with E-state index in [1.54, 1.807) is 12.3 Å². The molecule has 3 rings (SSSR count). The van der Waals surface area contributed by atoms with E-state index in [-0.39, 0.29) is 11.0 Å². The second-order valence-corrected chi connectivity index (χ2v) is 3.71. The lowest BCUT2D eigenvalue weighted by molar-refractivity contribution is 1.33. The van der Waals surface area contributed by atoms with Crippen LogP contribution in [-0.2, 0) is 0 Å². The zero-order valence-corrected chi connectivity index (χ0v) is 8.77. The summed E-state index contributed by atoms with van der Waals surface area (Å²) < 4.78 is 0. The fraction of sp³-hybridized carbons (Fsp3) is 0. The maximum Gasteiger partial charge on any atom is 0.207 e. The summed E-state index contributed by atoms with van der Waals surface area (Å²) in [6.07, 6.45) is 3.11. The van der Waals surface area contributed by atoms with Crippen LogP contribution in [0.15, 0.2) is 41.5 Å². The minimum absolute atomic E-state index is 0.118. The van der Waals surface area contributed by atoms with Crippen LogP contribution in [0.2, 0.25) is 0 Å². The lowest BCUT2D eigenvalue weighted by Gasteiger charge is -2.02. The summed E-state index contributed by atoms with van der Waals surface area (Å²) in [6, 6.07) is 9.20. The number of H-pyrrole nitrogens is 1. The molecule has 4 heteroatoms. The van der Waals surface area contributed by atoms with E-state index >= 15 is 0 Å². The predicted octanol–water partition coefficient (Wildman–Crippen LogP) is 1.95. The molecule has 0 saturated carbocycles. The third-order valence-electron chi connectivity index (χ3n) is 2.75. The van der Waals surface area contributed by atoms with E-state index in [1.807, 2.05) is 24.3 Å². The molecule has 3 aromatic rings. The van der Waals surface area contributed by atoms with Crippen LogP contribution in [0.25, 0.3) is 21.8 Å². The monoisotopic (exact) mass is 221 g/mol. The van der Waals surface area contributed by atoms with Crippen LogP contribution in [0.5, 0.6) is 0 Å². The summed E-state index contributed by atoms with van der Waals surface area (Å²) in [5.41, 5.74) is 1.28. The third-order valence-corrected chi connectivity index (χ3v) is 2.75. The van der Waals surface area contributed by atoms with E-state index in [0.29, 0.717) is 10.9 Å². The highest BCUT2D eigenvalue weighted by atomic mass is 16.1. The van der Waals surface area contributed by atoms with Crippen LogP contribution in [0.4, 0.5) is 0 Å². The van der Waals surface area contributed by atoms with Gasteiger partial charge in [-0.15, -0.1) is 0 Å². The first-order valence-electron chi connectivity index (χ1n) is 5.10. The van der Waals surface area contributed by atoms with Crippen LogP contribution >= 0.6 is 0 Å². The van der Waals surface area contributed by atoms with Gasteiger partial charge >= 0.3 is 0 Å². The molecule has 17 heavy (non-hydrogen) atoms. The highest BCUT2D eigenvalue weighted by Gasteiger charge is 2.07. The van der Waals surface area contributed by atoms with Crippen molar-refractivity contribution >= 4 is 21.8 Å². The number of nitriles is 1. The Labute approximate surface area is 96.2 Å². The Kier molecular flexibility index (Phi) is 1.92. The molecule has 0 aliphatic heterocycles. The van der Waals surface area contributed by atoms with Crippen molar-refractivity contribution in [3.05, 3.63) is 52.4 Å². The van der Waals surface area contributed by atoms with Crippen molar-refractivity contribution in [1.29, 1.82) is 5.26 Å². The van der Waals surface area contributed by atoms with Crippen molar-refractivity contribution in [2.75, 3.05) is 0 Å². The van der Waals surface area contributed by atoms with Crippen LogP contribution in [0.1, 0.15) is 5.56 Å². The van der Waals surface area contributed by atoms with Crippen molar-refractivity contribution in [1.82, 2.24) is 9.97 Å². The summed E-state index contributed by atoms with van der Waals surface area (Å²) >= 11 is 0. The molecular weight excluding hydrogens is 214 g/mol. The summed E-state index contributed by atoms with van der Waals surface area (Å²) in [7, 11) is 0. The second kappa shape index (κ2) is 3.42. The summed E-state index contributed by atoms with van der Waals surface area (Å²) in [5, 5.41) is 10.3. The Bertz CT molecular complexity index is 827. The van der Waals surface area contributed by atoms with Gasteiger partial charge in [0.05, 0.1) is 11.0 Å². The number of pyridine rings is 2. The lowest BCUT2D eigenvalue weighted by Crippen LogP contribution is -2.07. The van der Waals surface area contributed by atoms with Gasteiger partial charge in [-0.2, -0.15) is 5.26 Å². The highest BCUT2D eigenvalue weighted by Crippen LogP contribution is 2.19. The number of hydrogen-bond donors (Lipinski definition) is 1. The van der Waals surface area contributed by atoms with Crippen LogP contribution < -0.4 is 5.43 Å². The van der Waals surface area contributed by atoms with Gasteiger partial charge in [0.1, 0.15) is 11.6 Å². The average Bonchev–Trinajstić information content (AvgIpc) is 2.39. The van der Waals surface area contributed by atoms with E-state index in [4.69, 9.17) is 5.26 Å². The number of benzene rings is 1. The van der Waals surface area contributed by atoms with Gasteiger partial charge in [-0.25, -0.2) is 0 Å². The first-order chi connectivity index (χ1) is 8.31. The first-order valence-corrected chi connectivity index (χ1v) is 5.10. The number of nitrogens with zero attached hydrogens (tertiary/aromatic N) is 2. The normalized spacial score (nSPS) is 10.5. The summed E-state index contributed by atoms with van der Waals surface area (Å²) in [6.45, 7) is 0. The number of aromatic nitrogens is 2. The molecule has 0 spiro atoms. The minimum Gasteiger partial charge on any atom is -0.358 e. The SMILES string of the molecule is N#Cc1c[nH]c2c(ccc3cccnc32)c1=O. The first kappa shape index (κ1) is 9.55. The van der Waals surface area contributed by atoms with Crippen molar-refractivity contribution in [3.8, 4) is 6.07 Å². The molecule has 0 amide bonds. The topological polar surface area (TPSA) is 69.5 Å². The largest absolute Gasteiger partial charge is 0.358 e. The molecular formula is C13H7N3O. The smallest absolute Gasteiger partial charge is 0.207 e. The molecule has 2 aromatic heterocycles. The quantitative estimate of drug-likeness (QED) is 0.590. The Morgan fingerprint density at radius 3 is 3.00 bits per heavy atom. The van der Waals surface area contributed by atoms with Crippen molar-refractivity contribution in [3.63, 3.8) is 0 Å². The molecule has 4 nitrogen and oxygen atoms in total. The van der Waals surface area contributed by atoms with Crippen molar-refractivity contribution < 1.29 is 0 Å². The van der Waals surface area contributed by atoms with Gasteiger partial charge in [0.2, 0.25) is 5.43 Å². The molecule has 0 aliphatic rings. The van der Waals surface area contributed by atoms with Crippen LogP contribution in [0.3, 0.4) is 0 Å². The Balaban J connectivity index is 2.59. The summed E-state index contributed by atoms with van der Waals surface area (Å²) in [5.74, 6) is 0. The molecule has 0 bridgehead atoms. The molecule has 0 unspecified atom stereocenters. The van der Waals surface area contributed by atoms with Crippen LogP contribution in [-0.4, -0.2) is 9.97 Å². The maximum atomic E-state index is 11.9. The van der Waals surface area contributed by atoms with Gasteiger partial charge in [-0.1, -0.05) is 12.1 Å². The van der Waals surface area contributed by atoms with Crippen LogP contribution in [0, 0.1) is 11.3 Å². The molecule has 1 aromatic carbocycles. The minimum atomic E-state index is -0.256. The molecule has 0 atom stereocenters. The second-order valence-electron chi connectivity index (χ2n) is 3.71. The Morgan fingerprint density at radius 1 is 1.29 bits per heavy atom. The molecule has 0 radical (unpaired) electrons. The number of aromatic amines is 1. The van der Waals surface area contributed by atoms with E-state index in [9.17, 15) is 4.79 Å². The van der Waals surface area contributed by atoms with Gasteiger partial charge in [-0.05, 0) is 12.1 Å². The van der Waals surface area contributed by atoms with Gasteiger partial charge < -0.3 is 4.98 Å². The fourth-order valence-electron chi connectivity index (χ4n) is 1.92. The number of hydrogen-bond acceptors (Lipinski definition) is 3. The molecule has 0 aliphatic carbocycles. The van der Waals surface area contributed by atoms with Crippen molar-refractivity contribution in [2.45, 2.75) is 0 Å².